The highest BCUT2D eigenvalue weighted by molar-refractivity contribution is 6.30. The predicted octanol–water partition coefficient (Wildman–Crippen LogP) is 4.08. The largest absolute Gasteiger partial charge is 0.496 e. The number of hydrogen-bond acceptors (Lipinski definition) is 3. The number of nitrogens with two attached hydrogens (primary N) is 1. The Hall–Kier alpha value is -0.770. The van der Waals surface area contributed by atoms with Gasteiger partial charge in [-0.05, 0) is 48.9 Å². The van der Waals surface area contributed by atoms with Crippen LogP contribution in [0.4, 0.5) is 0 Å². The third-order valence-corrected chi connectivity index (χ3v) is 4.83. The van der Waals surface area contributed by atoms with Crippen molar-refractivity contribution in [1.29, 1.82) is 0 Å². The van der Waals surface area contributed by atoms with E-state index in [1.807, 2.05) is 18.2 Å². The van der Waals surface area contributed by atoms with Gasteiger partial charge < -0.3 is 4.74 Å². The molecule has 21 heavy (non-hydrogen) atoms. The van der Waals surface area contributed by atoms with Gasteiger partial charge in [-0.25, -0.2) is 0 Å². The van der Waals surface area contributed by atoms with Gasteiger partial charge in [-0.3, -0.25) is 11.3 Å². The van der Waals surface area contributed by atoms with Crippen LogP contribution >= 0.6 is 11.6 Å². The van der Waals surface area contributed by atoms with E-state index in [-0.39, 0.29) is 6.04 Å². The molecule has 1 aliphatic rings. The first kappa shape index (κ1) is 16.6. The first-order valence-corrected chi connectivity index (χ1v) is 8.39. The highest BCUT2D eigenvalue weighted by Crippen LogP contribution is 2.29. The fraction of sp³-hybridized carbons (Fsp3) is 0.647. The summed E-state index contributed by atoms with van der Waals surface area (Å²) in [6, 6.07) is 6.04. The summed E-state index contributed by atoms with van der Waals surface area (Å²) in [6.45, 7) is 0. The Morgan fingerprint density at radius 3 is 2.76 bits per heavy atom. The lowest BCUT2D eigenvalue weighted by atomic mass is 9.84. The zero-order valence-electron chi connectivity index (χ0n) is 12.9. The second kappa shape index (κ2) is 8.62. The Balaban J connectivity index is 1.90. The van der Waals surface area contributed by atoms with E-state index in [9.17, 15) is 0 Å². The highest BCUT2D eigenvalue weighted by Gasteiger charge is 2.17. The van der Waals surface area contributed by atoms with Gasteiger partial charge in [0.05, 0.1) is 7.11 Å². The van der Waals surface area contributed by atoms with Crippen LogP contribution in [0.15, 0.2) is 18.2 Å². The maximum absolute atomic E-state index is 6.09. The number of ether oxygens (including phenoxy) is 1. The zero-order chi connectivity index (χ0) is 15.1. The number of hydrogen-bond donors (Lipinski definition) is 2. The van der Waals surface area contributed by atoms with E-state index >= 15 is 0 Å². The number of halogens is 1. The van der Waals surface area contributed by atoms with Crippen LogP contribution in [0, 0.1) is 5.92 Å². The fourth-order valence-corrected chi connectivity index (χ4v) is 3.52. The number of methoxy groups -OCH3 is 1. The van der Waals surface area contributed by atoms with Crippen molar-refractivity contribution in [2.24, 2.45) is 11.8 Å². The molecule has 1 saturated carbocycles. The SMILES string of the molecule is COc1ccc(Cl)cc1CC(CCC1CCCCC1)NN. The lowest BCUT2D eigenvalue weighted by Crippen LogP contribution is -2.37. The summed E-state index contributed by atoms with van der Waals surface area (Å²) in [4.78, 5) is 0. The molecule has 1 aromatic carbocycles. The minimum absolute atomic E-state index is 0.277. The molecule has 0 aromatic heterocycles. The van der Waals surface area contributed by atoms with Crippen molar-refractivity contribution >= 4 is 11.6 Å². The Labute approximate surface area is 133 Å². The van der Waals surface area contributed by atoms with Gasteiger partial charge in [0.2, 0.25) is 0 Å². The van der Waals surface area contributed by atoms with Gasteiger partial charge >= 0.3 is 0 Å². The molecule has 0 spiro atoms. The molecule has 0 bridgehead atoms. The van der Waals surface area contributed by atoms with E-state index in [1.54, 1.807) is 7.11 Å². The number of hydrazine groups is 1. The Bertz CT molecular complexity index is 433. The van der Waals surface area contributed by atoms with Crippen molar-refractivity contribution < 1.29 is 4.74 Å². The highest BCUT2D eigenvalue weighted by atomic mass is 35.5. The summed E-state index contributed by atoms with van der Waals surface area (Å²) in [6.07, 6.45) is 10.2. The Morgan fingerprint density at radius 1 is 1.33 bits per heavy atom. The van der Waals surface area contributed by atoms with Gasteiger partial charge in [0.15, 0.2) is 0 Å². The Kier molecular flexibility index (Phi) is 6.81. The third kappa shape index (κ3) is 5.17. The fourth-order valence-electron chi connectivity index (χ4n) is 3.33. The minimum atomic E-state index is 0.277. The second-order valence-electron chi connectivity index (χ2n) is 6.11. The number of benzene rings is 1. The summed E-state index contributed by atoms with van der Waals surface area (Å²) in [5.74, 6) is 7.51. The van der Waals surface area contributed by atoms with Gasteiger partial charge in [0.25, 0.3) is 0 Å². The van der Waals surface area contributed by atoms with Crippen LogP contribution in [0.1, 0.15) is 50.5 Å². The smallest absolute Gasteiger partial charge is 0.122 e. The molecule has 3 N–H and O–H groups in total. The van der Waals surface area contributed by atoms with E-state index in [0.717, 1.165) is 35.1 Å². The van der Waals surface area contributed by atoms with Crippen LogP contribution < -0.4 is 16.0 Å². The molecule has 1 aliphatic carbocycles. The first-order chi connectivity index (χ1) is 10.2. The molecular weight excluding hydrogens is 284 g/mol. The molecule has 118 valence electrons. The van der Waals surface area contributed by atoms with Crippen LogP contribution in [-0.2, 0) is 6.42 Å². The molecule has 0 radical (unpaired) electrons. The Morgan fingerprint density at radius 2 is 2.10 bits per heavy atom. The van der Waals surface area contributed by atoms with Gasteiger partial charge in [-0.15, -0.1) is 0 Å². The van der Waals surface area contributed by atoms with E-state index in [2.05, 4.69) is 5.43 Å². The summed E-state index contributed by atoms with van der Waals surface area (Å²) in [5.41, 5.74) is 4.08. The van der Waals surface area contributed by atoms with Gasteiger partial charge in [-0.2, -0.15) is 0 Å². The molecule has 0 amide bonds. The predicted molar refractivity (Wildman–Crippen MR) is 88.6 cm³/mol. The van der Waals surface area contributed by atoms with Crippen LogP contribution in [-0.4, -0.2) is 13.2 Å². The first-order valence-electron chi connectivity index (χ1n) is 8.01. The van der Waals surface area contributed by atoms with Crippen LogP contribution in [0.5, 0.6) is 5.75 Å². The molecule has 4 heteroatoms. The van der Waals surface area contributed by atoms with Gasteiger partial charge in [-0.1, -0.05) is 43.7 Å². The molecule has 0 heterocycles. The summed E-state index contributed by atoms with van der Waals surface area (Å²) in [5, 5.41) is 0.744. The number of rotatable bonds is 7. The molecule has 3 nitrogen and oxygen atoms in total. The van der Waals surface area contributed by atoms with E-state index in [1.165, 1.54) is 38.5 Å². The molecule has 1 unspecified atom stereocenters. The van der Waals surface area contributed by atoms with Crippen molar-refractivity contribution in [2.75, 3.05) is 7.11 Å². The topological polar surface area (TPSA) is 47.3 Å². The van der Waals surface area contributed by atoms with Crippen molar-refractivity contribution in [3.63, 3.8) is 0 Å². The number of nitrogens with one attached hydrogen (secondary N) is 1. The van der Waals surface area contributed by atoms with Gasteiger partial charge in [0, 0.05) is 11.1 Å². The van der Waals surface area contributed by atoms with Crippen LogP contribution in [0.2, 0.25) is 5.02 Å². The monoisotopic (exact) mass is 310 g/mol. The standard InChI is InChI=1S/C17H27ClN2O/c1-21-17-10-8-15(18)11-14(17)12-16(20-19)9-7-13-5-3-2-4-6-13/h8,10-11,13,16,20H,2-7,9,12,19H2,1H3. The van der Waals surface area contributed by atoms with E-state index in [4.69, 9.17) is 22.2 Å². The molecular formula is C17H27ClN2O. The van der Waals surface area contributed by atoms with Crippen LogP contribution in [0.25, 0.3) is 0 Å². The summed E-state index contributed by atoms with van der Waals surface area (Å²) in [7, 11) is 1.69. The molecule has 1 aromatic rings. The zero-order valence-corrected chi connectivity index (χ0v) is 13.7. The molecule has 0 aliphatic heterocycles. The maximum atomic E-state index is 6.09. The van der Waals surface area contributed by atoms with E-state index < -0.39 is 0 Å². The summed E-state index contributed by atoms with van der Waals surface area (Å²) >= 11 is 6.09. The third-order valence-electron chi connectivity index (χ3n) is 4.59. The molecule has 0 saturated heterocycles. The normalized spacial score (nSPS) is 17.7. The molecule has 1 fully saturated rings. The van der Waals surface area contributed by atoms with Gasteiger partial charge in [0.1, 0.15) is 5.75 Å². The average molecular weight is 311 g/mol. The van der Waals surface area contributed by atoms with E-state index in [0.29, 0.717) is 0 Å². The minimum Gasteiger partial charge on any atom is -0.496 e. The maximum Gasteiger partial charge on any atom is 0.122 e. The average Bonchev–Trinajstić information content (AvgIpc) is 2.52. The van der Waals surface area contributed by atoms with Crippen molar-refractivity contribution in [1.82, 2.24) is 5.43 Å². The molecule has 1 atom stereocenters. The molecule has 2 rings (SSSR count). The summed E-state index contributed by atoms with van der Waals surface area (Å²) < 4.78 is 5.41. The van der Waals surface area contributed by atoms with Crippen molar-refractivity contribution in [3.8, 4) is 5.75 Å². The van der Waals surface area contributed by atoms with Crippen molar-refractivity contribution in [3.05, 3.63) is 28.8 Å². The van der Waals surface area contributed by atoms with Crippen molar-refractivity contribution in [2.45, 2.75) is 57.4 Å². The van der Waals surface area contributed by atoms with Crippen LogP contribution in [0.3, 0.4) is 0 Å². The lowest BCUT2D eigenvalue weighted by molar-refractivity contribution is 0.312. The second-order valence-corrected chi connectivity index (χ2v) is 6.54. The lowest BCUT2D eigenvalue weighted by Gasteiger charge is -2.24. The quantitative estimate of drug-likeness (QED) is 0.589.